The first-order chi connectivity index (χ1) is 9.74. The minimum absolute atomic E-state index is 0.121. The number of methoxy groups -OCH3 is 1. The Morgan fingerprint density at radius 1 is 1.50 bits per heavy atom. The highest BCUT2D eigenvalue weighted by Crippen LogP contribution is 2.21. The highest BCUT2D eigenvalue weighted by Gasteiger charge is 2.14. The van der Waals surface area contributed by atoms with E-state index < -0.39 is 0 Å². The van der Waals surface area contributed by atoms with Crippen molar-refractivity contribution in [2.75, 3.05) is 26.0 Å². The molecular formula is C14H17N3O2S. The smallest absolute Gasteiger partial charge is 0.251 e. The number of aromatic nitrogens is 1. The van der Waals surface area contributed by atoms with Gasteiger partial charge in [0, 0.05) is 37.3 Å². The lowest BCUT2D eigenvalue weighted by Gasteiger charge is -2.14. The Bertz CT molecular complexity index is 557. The molecule has 20 heavy (non-hydrogen) atoms. The summed E-state index contributed by atoms with van der Waals surface area (Å²) >= 11 is 1.61. The number of rotatable bonds is 6. The van der Waals surface area contributed by atoms with E-state index in [1.807, 2.05) is 17.5 Å². The van der Waals surface area contributed by atoms with Crippen molar-refractivity contribution in [3.05, 3.63) is 46.3 Å². The molecule has 2 N–H and O–H groups in total. The van der Waals surface area contributed by atoms with Gasteiger partial charge in [0.1, 0.15) is 11.9 Å². The van der Waals surface area contributed by atoms with Crippen LogP contribution in [0.15, 0.2) is 35.8 Å². The molecule has 0 saturated heterocycles. The van der Waals surface area contributed by atoms with Gasteiger partial charge >= 0.3 is 0 Å². The Labute approximate surface area is 122 Å². The standard InChI is InChI=1S/C14H17N3O2S/c1-15-13-8-10(5-6-16-13)14(18)17-9-11(19-2)12-4-3-7-20-12/h3-8,11H,9H2,1-2H3,(H,15,16)(H,17,18)/t11-/m0/s1. The average molecular weight is 291 g/mol. The van der Waals surface area contributed by atoms with Crippen molar-refractivity contribution in [1.82, 2.24) is 10.3 Å². The first-order valence-electron chi connectivity index (χ1n) is 6.22. The maximum atomic E-state index is 12.1. The van der Waals surface area contributed by atoms with Crippen molar-refractivity contribution in [2.24, 2.45) is 0 Å². The summed E-state index contributed by atoms with van der Waals surface area (Å²) in [5.74, 6) is 0.529. The van der Waals surface area contributed by atoms with E-state index in [0.29, 0.717) is 17.9 Å². The number of nitrogens with one attached hydrogen (secondary N) is 2. The number of amides is 1. The number of carbonyl (C=O) groups excluding carboxylic acids is 1. The van der Waals surface area contributed by atoms with Crippen molar-refractivity contribution in [3.8, 4) is 0 Å². The third kappa shape index (κ3) is 3.55. The maximum Gasteiger partial charge on any atom is 0.251 e. The van der Waals surface area contributed by atoms with Crippen molar-refractivity contribution in [3.63, 3.8) is 0 Å². The molecule has 106 valence electrons. The van der Waals surface area contributed by atoms with Crippen molar-refractivity contribution in [2.45, 2.75) is 6.10 Å². The van der Waals surface area contributed by atoms with E-state index in [0.717, 1.165) is 4.88 Å². The Kier molecular flexibility index (Phi) is 5.09. The molecule has 0 saturated carbocycles. The molecule has 2 rings (SSSR count). The quantitative estimate of drug-likeness (QED) is 0.857. The SMILES string of the molecule is CNc1cc(C(=O)NC[C@H](OC)c2cccs2)ccn1. The molecule has 0 aliphatic carbocycles. The summed E-state index contributed by atoms with van der Waals surface area (Å²) in [5.41, 5.74) is 0.574. The number of hydrogen-bond donors (Lipinski definition) is 2. The summed E-state index contributed by atoms with van der Waals surface area (Å²) in [6.45, 7) is 0.438. The number of thiophene rings is 1. The average Bonchev–Trinajstić information content (AvgIpc) is 3.02. The Hall–Kier alpha value is -1.92. The summed E-state index contributed by atoms with van der Waals surface area (Å²) in [5, 5.41) is 7.77. The second-order valence-electron chi connectivity index (χ2n) is 4.13. The molecule has 1 atom stereocenters. The van der Waals surface area contributed by atoms with Crippen LogP contribution in [0.2, 0.25) is 0 Å². The number of ether oxygens (including phenoxy) is 1. The minimum atomic E-state index is -0.137. The fourth-order valence-corrected chi connectivity index (χ4v) is 2.57. The van der Waals surface area contributed by atoms with Crippen LogP contribution in [0.5, 0.6) is 0 Å². The lowest BCUT2D eigenvalue weighted by Crippen LogP contribution is -2.28. The van der Waals surface area contributed by atoms with Gasteiger partial charge < -0.3 is 15.4 Å². The van der Waals surface area contributed by atoms with Crippen LogP contribution < -0.4 is 10.6 Å². The van der Waals surface area contributed by atoms with Crippen LogP contribution in [0.25, 0.3) is 0 Å². The van der Waals surface area contributed by atoms with Gasteiger partial charge in [0.25, 0.3) is 5.91 Å². The topological polar surface area (TPSA) is 63.2 Å². The van der Waals surface area contributed by atoms with Gasteiger partial charge in [0.15, 0.2) is 0 Å². The predicted octanol–water partition coefficient (Wildman–Crippen LogP) is 2.30. The molecule has 0 bridgehead atoms. The molecule has 0 fully saturated rings. The summed E-state index contributed by atoms with van der Waals surface area (Å²) in [7, 11) is 3.41. The van der Waals surface area contributed by atoms with E-state index in [1.165, 1.54) is 0 Å². The van der Waals surface area contributed by atoms with Crippen molar-refractivity contribution in [1.29, 1.82) is 0 Å². The van der Waals surface area contributed by atoms with Crippen LogP contribution in [0, 0.1) is 0 Å². The predicted molar refractivity (Wildman–Crippen MR) is 80.2 cm³/mol. The third-order valence-electron chi connectivity index (χ3n) is 2.87. The largest absolute Gasteiger partial charge is 0.374 e. The summed E-state index contributed by atoms with van der Waals surface area (Å²) in [4.78, 5) is 17.3. The van der Waals surface area contributed by atoms with Crippen LogP contribution in [-0.2, 0) is 4.74 Å². The molecule has 2 heterocycles. The molecule has 0 spiro atoms. The summed E-state index contributed by atoms with van der Waals surface area (Å²) in [6.07, 6.45) is 1.48. The van der Waals surface area contributed by atoms with E-state index in [1.54, 1.807) is 43.8 Å². The van der Waals surface area contributed by atoms with E-state index in [4.69, 9.17) is 4.74 Å². The van der Waals surface area contributed by atoms with Crippen LogP contribution >= 0.6 is 11.3 Å². The van der Waals surface area contributed by atoms with Gasteiger partial charge in [-0.3, -0.25) is 4.79 Å². The molecule has 2 aromatic heterocycles. The zero-order valence-electron chi connectivity index (χ0n) is 11.4. The second-order valence-corrected chi connectivity index (χ2v) is 5.11. The summed E-state index contributed by atoms with van der Waals surface area (Å²) < 4.78 is 5.40. The van der Waals surface area contributed by atoms with Gasteiger partial charge in [-0.1, -0.05) is 6.07 Å². The third-order valence-corrected chi connectivity index (χ3v) is 3.84. The van der Waals surface area contributed by atoms with Crippen LogP contribution in [0.1, 0.15) is 21.3 Å². The van der Waals surface area contributed by atoms with Gasteiger partial charge in [0.2, 0.25) is 0 Å². The lowest BCUT2D eigenvalue weighted by molar-refractivity contribution is 0.0837. The number of carbonyl (C=O) groups is 1. The van der Waals surface area contributed by atoms with Gasteiger partial charge in [-0.05, 0) is 23.6 Å². The minimum Gasteiger partial charge on any atom is -0.374 e. The number of hydrogen-bond acceptors (Lipinski definition) is 5. The van der Waals surface area contributed by atoms with Gasteiger partial charge in [-0.25, -0.2) is 4.98 Å². The zero-order chi connectivity index (χ0) is 14.4. The normalized spacial score (nSPS) is 11.9. The van der Waals surface area contributed by atoms with Crippen LogP contribution in [-0.4, -0.2) is 31.6 Å². The first kappa shape index (κ1) is 14.5. The number of pyridine rings is 1. The first-order valence-corrected chi connectivity index (χ1v) is 7.10. The molecule has 0 radical (unpaired) electrons. The van der Waals surface area contributed by atoms with E-state index in [9.17, 15) is 4.79 Å². The maximum absolute atomic E-state index is 12.1. The van der Waals surface area contributed by atoms with Gasteiger partial charge in [0.05, 0.1) is 0 Å². The molecule has 6 heteroatoms. The Morgan fingerprint density at radius 3 is 3.00 bits per heavy atom. The highest BCUT2D eigenvalue weighted by atomic mass is 32.1. The Balaban J connectivity index is 1.97. The molecule has 1 amide bonds. The van der Waals surface area contributed by atoms with E-state index in [-0.39, 0.29) is 12.0 Å². The second kappa shape index (κ2) is 7.02. The van der Waals surface area contributed by atoms with Gasteiger partial charge in [-0.2, -0.15) is 0 Å². The van der Waals surface area contributed by atoms with E-state index in [2.05, 4.69) is 15.6 Å². The molecular weight excluding hydrogens is 274 g/mol. The molecule has 0 aromatic carbocycles. The Morgan fingerprint density at radius 2 is 2.35 bits per heavy atom. The van der Waals surface area contributed by atoms with Crippen molar-refractivity contribution < 1.29 is 9.53 Å². The monoisotopic (exact) mass is 291 g/mol. The number of anilines is 1. The van der Waals surface area contributed by atoms with E-state index >= 15 is 0 Å². The fraction of sp³-hybridized carbons (Fsp3) is 0.286. The number of nitrogens with zero attached hydrogens (tertiary/aromatic N) is 1. The molecule has 5 nitrogen and oxygen atoms in total. The molecule has 0 unspecified atom stereocenters. The van der Waals surface area contributed by atoms with Crippen LogP contribution in [0.4, 0.5) is 5.82 Å². The fourth-order valence-electron chi connectivity index (χ4n) is 1.77. The molecule has 0 aliphatic rings. The molecule has 0 aliphatic heterocycles. The lowest BCUT2D eigenvalue weighted by atomic mass is 10.2. The van der Waals surface area contributed by atoms with Gasteiger partial charge in [-0.15, -0.1) is 11.3 Å². The zero-order valence-corrected chi connectivity index (χ0v) is 12.2. The van der Waals surface area contributed by atoms with Crippen molar-refractivity contribution >= 4 is 23.1 Å². The van der Waals surface area contributed by atoms with Crippen LogP contribution in [0.3, 0.4) is 0 Å². The molecule has 2 aromatic rings. The summed E-state index contributed by atoms with van der Waals surface area (Å²) in [6, 6.07) is 7.36. The highest BCUT2D eigenvalue weighted by molar-refractivity contribution is 7.10.